The van der Waals surface area contributed by atoms with Gasteiger partial charge in [-0.05, 0) is 12.8 Å². The number of rotatable bonds is 12. The summed E-state index contributed by atoms with van der Waals surface area (Å²) in [5.74, 6) is -0.918. The SMILES string of the molecule is CCCCCCCCCCC(CCC)C(=O)OC(C)=O. The highest BCUT2D eigenvalue weighted by molar-refractivity contribution is 5.85. The van der Waals surface area contributed by atoms with Crippen molar-refractivity contribution in [3.63, 3.8) is 0 Å². The second kappa shape index (κ2) is 13.1. The summed E-state index contributed by atoms with van der Waals surface area (Å²) in [4.78, 5) is 22.6. The van der Waals surface area contributed by atoms with Gasteiger partial charge in [0.25, 0.3) is 0 Å². The van der Waals surface area contributed by atoms with E-state index in [2.05, 4.69) is 13.8 Å². The van der Waals surface area contributed by atoms with Gasteiger partial charge in [-0.1, -0.05) is 71.6 Å². The summed E-state index contributed by atoms with van der Waals surface area (Å²) in [6, 6.07) is 0. The summed E-state index contributed by atoms with van der Waals surface area (Å²) in [6.07, 6.45) is 12.7. The molecule has 0 aliphatic carbocycles. The Morgan fingerprint density at radius 2 is 1.35 bits per heavy atom. The number of esters is 2. The van der Waals surface area contributed by atoms with E-state index in [0.717, 1.165) is 25.7 Å². The predicted octanol–water partition coefficient (Wildman–Crippen LogP) is 5.02. The van der Waals surface area contributed by atoms with Crippen LogP contribution in [0.3, 0.4) is 0 Å². The molecule has 0 spiro atoms. The first-order valence-electron chi connectivity index (χ1n) is 8.34. The molecule has 0 radical (unpaired) electrons. The smallest absolute Gasteiger partial charge is 0.316 e. The van der Waals surface area contributed by atoms with E-state index in [0.29, 0.717) is 0 Å². The van der Waals surface area contributed by atoms with Gasteiger partial charge >= 0.3 is 11.9 Å². The van der Waals surface area contributed by atoms with E-state index < -0.39 is 5.97 Å². The zero-order chi connectivity index (χ0) is 15.2. The van der Waals surface area contributed by atoms with Crippen LogP contribution < -0.4 is 0 Å². The first kappa shape index (κ1) is 19.1. The van der Waals surface area contributed by atoms with Crippen molar-refractivity contribution in [1.82, 2.24) is 0 Å². The predicted molar refractivity (Wildman–Crippen MR) is 82.4 cm³/mol. The first-order chi connectivity index (χ1) is 9.61. The molecule has 3 heteroatoms. The topological polar surface area (TPSA) is 43.4 Å². The average Bonchev–Trinajstić information content (AvgIpc) is 2.39. The molecule has 0 bridgehead atoms. The van der Waals surface area contributed by atoms with Crippen LogP contribution in [0.15, 0.2) is 0 Å². The van der Waals surface area contributed by atoms with Gasteiger partial charge in [-0.25, -0.2) is 0 Å². The third-order valence-corrected chi connectivity index (χ3v) is 3.62. The van der Waals surface area contributed by atoms with Crippen molar-refractivity contribution in [2.75, 3.05) is 0 Å². The molecule has 0 amide bonds. The Morgan fingerprint density at radius 3 is 1.85 bits per heavy atom. The average molecular weight is 284 g/mol. The highest BCUT2D eigenvalue weighted by atomic mass is 16.6. The monoisotopic (exact) mass is 284 g/mol. The Morgan fingerprint density at radius 1 is 0.800 bits per heavy atom. The normalized spacial score (nSPS) is 12.2. The quantitative estimate of drug-likeness (QED) is 0.287. The van der Waals surface area contributed by atoms with Crippen molar-refractivity contribution in [2.45, 2.75) is 91.4 Å². The fourth-order valence-electron chi connectivity index (χ4n) is 2.48. The minimum Gasteiger partial charge on any atom is -0.393 e. The molecule has 1 atom stereocenters. The van der Waals surface area contributed by atoms with Crippen LogP contribution in [-0.4, -0.2) is 11.9 Å². The van der Waals surface area contributed by atoms with Gasteiger partial charge in [0.15, 0.2) is 0 Å². The second-order valence-corrected chi connectivity index (χ2v) is 5.66. The molecule has 0 aromatic rings. The number of carbonyl (C=O) groups is 2. The molecule has 0 aromatic carbocycles. The minimum absolute atomic E-state index is 0.0935. The molecule has 20 heavy (non-hydrogen) atoms. The van der Waals surface area contributed by atoms with Crippen LogP contribution in [0, 0.1) is 5.92 Å². The highest BCUT2D eigenvalue weighted by Gasteiger charge is 2.20. The Labute approximate surface area is 124 Å². The summed E-state index contributed by atoms with van der Waals surface area (Å²) in [5, 5.41) is 0. The number of unbranched alkanes of at least 4 members (excludes halogenated alkanes) is 7. The van der Waals surface area contributed by atoms with E-state index in [1.54, 1.807) is 0 Å². The van der Waals surface area contributed by atoms with Crippen LogP contribution in [-0.2, 0) is 14.3 Å². The highest BCUT2D eigenvalue weighted by Crippen LogP contribution is 2.18. The Bertz CT molecular complexity index is 261. The largest absolute Gasteiger partial charge is 0.393 e. The molecule has 0 fully saturated rings. The summed E-state index contributed by atoms with van der Waals surface area (Å²) in [6.45, 7) is 5.58. The van der Waals surface area contributed by atoms with Crippen LogP contribution in [0.2, 0.25) is 0 Å². The van der Waals surface area contributed by atoms with Gasteiger partial charge < -0.3 is 4.74 Å². The maximum atomic E-state index is 11.7. The molecule has 0 heterocycles. The van der Waals surface area contributed by atoms with Crippen molar-refractivity contribution in [3.05, 3.63) is 0 Å². The molecule has 0 saturated heterocycles. The van der Waals surface area contributed by atoms with E-state index in [9.17, 15) is 9.59 Å². The van der Waals surface area contributed by atoms with Gasteiger partial charge in [-0.2, -0.15) is 0 Å². The fraction of sp³-hybridized carbons (Fsp3) is 0.882. The van der Waals surface area contributed by atoms with Gasteiger partial charge in [0.2, 0.25) is 0 Å². The molecule has 0 aliphatic heterocycles. The van der Waals surface area contributed by atoms with Crippen molar-refractivity contribution in [1.29, 1.82) is 0 Å². The Balaban J connectivity index is 3.70. The molecule has 0 aliphatic rings. The van der Waals surface area contributed by atoms with Crippen molar-refractivity contribution in [3.8, 4) is 0 Å². The maximum Gasteiger partial charge on any atom is 0.316 e. The van der Waals surface area contributed by atoms with Crippen LogP contribution in [0.4, 0.5) is 0 Å². The third-order valence-electron chi connectivity index (χ3n) is 3.62. The van der Waals surface area contributed by atoms with E-state index in [1.165, 1.54) is 51.9 Å². The number of ether oxygens (including phenoxy) is 1. The van der Waals surface area contributed by atoms with Gasteiger partial charge in [-0.15, -0.1) is 0 Å². The van der Waals surface area contributed by atoms with Gasteiger partial charge in [0.05, 0.1) is 5.92 Å². The summed E-state index contributed by atoms with van der Waals surface area (Å²) >= 11 is 0. The van der Waals surface area contributed by atoms with E-state index in [1.807, 2.05) is 0 Å². The van der Waals surface area contributed by atoms with E-state index >= 15 is 0 Å². The lowest BCUT2D eigenvalue weighted by molar-refractivity contribution is -0.161. The van der Waals surface area contributed by atoms with Crippen LogP contribution >= 0.6 is 0 Å². The number of hydrogen-bond acceptors (Lipinski definition) is 3. The maximum absolute atomic E-state index is 11.7. The standard InChI is InChI=1S/C17H32O3/c1-4-6-7-8-9-10-11-12-14-16(13-5-2)17(19)20-15(3)18/h16H,4-14H2,1-3H3. The van der Waals surface area contributed by atoms with E-state index in [4.69, 9.17) is 4.74 Å². The van der Waals surface area contributed by atoms with Crippen LogP contribution in [0.1, 0.15) is 91.4 Å². The lowest BCUT2D eigenvalue weighted by Crippen LogP contribution is -2.20. The van der Waals surface area contributed by atoms with Crippen LogP contribution in [0.5, 0.6) is 0 Å². The fourth-order valence-corrected chi connectivity index (χ4v) is 2.48. The Kier molecular flexibility index (Phi) is 12.6. The molecular weight excluding hydrogens is 252 g/mol. The van der Waals surface area contributed by atoms with Gasteiger partial charge in [0, 0.05) is 6.92 Å². The molecule has 1 unspecified atom stereocenters. The zero-order valence-corrected chi connectivity index (χ0v) is 13.6. The van der Waals surface area contributed by atoms with Gasteiger partial charge in [0.1, 0.15) is 0 Å². The third kappa shape index (κ3) is 11.0. The van der Waals surface area contributed by atoms with Crippen LogP contribution in [0.25, 0.3) is 0 Å². The second-order valence-electron chi connectivity index (χ2n) is 5.66. The zero-order valence-electron chi connectivity index (χ0n) is 13.6. The molecule has 118 valence electrons. The van der Waals surface area contributed by atoms with Crippen molar-refractivity contribution < 1.29 is 14.3 Å². The van der Waals surface area contributed by atoms with Crippen molar-refractivity contribution in [2.24, 2.45) is 5.92 Å². The van der Waals surface area contributed by atoms with Gasteiger partial charge in [-0.3, -0.25) is 9.59 Å². The summed E-state index contributed by atoms with van der Waals surface area (Å²) in [5.41, 5.74) is 0. The van der Waals surface area contributed by atoms with Crippen molar-refractivity contribution >= 4 is 11.9 Å². The lowest BCUT2D eigenvalue weighted by Gasteiger charge is -2.13. The molecule has 3 nitrogen and oxygen atoms in total. The molecule has 0 N–H and O–H groups in total. The Hall–Kier alpha value is -0.860. The molecule has 0 saturated carbocycles. The minimum atomic E-state index is -0.493. The summed E-state index contributed by atoms with van der Waals surface area (Å²) < 4.78 is 4.71. The lowest BCUT2D eigenvalue weighted by atomic mass is 9.96. The number of carbonyl (C=O) groups excluding carboxylic acids is 2. The summed E-state index contributed by atoms with van der Waals surface area (Å²) in [7, 11) is 0. The molecular formula is C17H32O3. The molecule has 0 rings (SSSR count). The number of hydrogen-bond donors (Lipinski definition) is 0. The van der Waals surface area contributed by atoms with E-state index in [-0.39, 0.29) is 11.9 Å². The molecule has 0 aromatic heterocycles. The first-order valence-corrected chi connectivity index (χ1v) is 8.34.